The normalized spacial score (nSPS) is 9.79. The molecule has 0 saturated heterocycles. The van der Waals surface area contributed by atoms with Crippen LogP contribution in [-0.4, -0.2) is 31.1 Å². The molecule has 0 bridgehead atoms. The average Bonchev–Trinajstić information content (AvgIpc) is 2.19. The van der Waals surface area contributed by atoms with Gasteiger partial charge in [-0.3, -0.25) is 5.41 Å². The Labute approximate surface area is 82.4 Å². The van der Waals surface area contributed by atoms with Gasteiger partial charge in [-0.2, -0.15) is 0 Å². The summed E-state index contributed by atoms with van der Waals surface area (Å²) in [5, 5.41) is 7.22. The molecule has 1 aromatic rings. The van der Waals surface area contributed by atoms with Gasteiger partial charge >= 0.3 is 0 Å². The number of aromatic nitrogens is 1. The highest BCUT2D eigenvalue weighted by Gasteiger charge is 1.99. The second-order valence-electron chi connectivity index (χ2n) is 2.64. The van der Waals surface area contributed by atoms with Gasteiger partial charge in [-0.1, -0.05) is 0 Å². The number of hydrogen-bond donors (Lipinski definition) is 2. The van der Waals surface area contributed by atoms with Crippen LogP contribution in [0.25, 0.3) is 0 Å². The second kappa shape index (κ2) is 5.18. The summed E-state index contributed by atoms with van der Waals surface area (Å²) in [6, 6.07) is 3.28. The van der Waals surface area contributed by atoms with E-state index in [1.165, 1.54) is 0 Å². The van der Waals surface area contributed by atoms with E-state index >= 15 is 0 Å². The second-order valence-corrected chi connectivity index (χ2v) is 2.64. The molecule has 0 radical (unpaired) electrons. The molecule has 0 atom stereocenters. The molecule has 0 aromatic carbocycles. The van der Waals surface area contributed by atoms with Crippen LogP contribution in [0.15, 0.2) is 18.3 Å². The number of pyridine rings is 1. The SMILES string of the molecule is COCCOc1cc(C(=N)N)ccn1. The minimum atomic E-state index is 0.00370. The molecular weight excluding hydrogens is 182 g/mol. The van der Waals surface area contributed by atoms with Gasteiger partial charge in [0.2, 0.25) is 5.88 Å². The summed E-state index contributed by atoms with van der Waals surface area (Å²) >= 11 is 0. The number of nitrogens with zero attached hydrogens (tertiary/aromatic N) is 1. The monoisotopic (exact) mass is 195 g/mol. The molecule has 0 aliphatic rings. The lowest BCUT2D eigenvalue weighted by molar-refractivity contribution is 0.143. The largest absolute Gasteiger partial charge is 0.475 e. The third-order valence-corrected chi connectivity index (χ3v) is 1.58. The van der Waals surface area contributed by atoms with Crippen molar-refractivity contribution in [1.29, 1.82) is 5.41 Å². The summed E-state index contributed by atoms with van der Waals surface area (Å²) in [5.74, 6) is 0.457. The fraction of sp³-hybridized carbons (Fsp3) is 0.333. The minimum absolute atomic E-state index is 0.00370. The van der Waals surface area contributed by atoms with Gasteiger partial charge in [-0.05, 0) is 6.07 Å². The fourth-order valence-corrected chi connectivity index (χ4v) is 0.885. The Kier molecular flexibility index (Phi) is 3.87. The van der Waals surface area contributed by atoms with E-state index in [0.717, 1.165) is 0 Å². The Hall–Kier alpha value is -1.62. The van der Waals surface area contributed by atoms with Crippen LogP contribution in [-0.2, 0) is 4.74 Å². The molecule has 0 amide bonds. The Morgan fingerprint density at radius 1 is 1.57 bits per heavy atom. The third-order valence-electron chi connectivity index (χ3n) is 1.58. The van der Waals surface area contributed by atoms with E-state index in [4.69, 9.17) is 20.6 Å². The lowest BCUT2D eigenvalue weighted by atomic mass is 10.2. The number of amidine groups is 1. The lowest BCUT2D eigenvalue weighted by Crippen LogP contribution is -2.12. The van der Waals surface area contributed by atoms with Crippen LogP contribution in [0.4, 0.5) is 0 Å². The van der Waals surface area contributed by atoms with Gasteiger partial charge in [0, 0.05) is 24.9 Å². The van der Waals surface area contributed by atoms with E-state index in [2.05, 4.69) is 4.98 Å². The number of ether oxygens (including phenoxy) is 2. The first-order chi connectivity index (χ1) is 6.74. The van der Waals surface area contributed by atoms with Crippen LogP contribution in [0.2, 0.25) is 0 Å². The van der Waals surface area contributed by atoms with Crippen LogP contribution < -0.4 is 10.5 Å². The highest BCUT2D eigenvalue weighted by Crippen LogP contribution is 2.08. The van der Waals surface area contributed by atoms with Crippen molar-refractivity contribution < 1.29 is 9.47 Å². The van der Waals surface area contributed by atoms with Gasteiger partial charge < -0.3 is 15.2 Å². The summed E-state index contributed by atoms with van der Waals surface area (Å²) in [6.07, 6.45) is 1.55. The van der Waals surface area contributed by atoms with Gasteiger partial charge in [-0.25, -0.2) is 4.98 Å². The van der Waals surface area contributed by atoms with Gasteiger partial charge in [-0.15, -0.1) is 0 Å². The van der Waals surface area contributed by atoms with Crippen molar-refractivity contribution in [1.82, 2.24) is 4.98 Å². The number of nitrogen functional groups attached to an aromatic ring is 1. The smallest absolute Gasteiger partial charge is 0.213 e. The zero-order chi connectivity index (χ0) is 10.4. The van der Waals surface area contributed by atoms with Gasteiger partial charge in [0.25, 0.3) is 0 Å². The number of hydrogen-bond acceptors (Lipinski definition) is 4. The Bertz CT molecular complexity index is 315. The molecule has 5 nitrogen and oxygen atoms in total. The van der Waals surface area contributed by atoms with Crippen LogP contribution in [0.3, 0.4) is 0 Å². The molecule has 0 aliphatic heterocycles. The predicted octanol–water partition coefficient (Wildman–Crippen LogP) is 0.391. The predicted molar refractivity (Wildman–Crippen MR) is 52.6 cm³/mol. The van der Waals surface area contributed by atoms with Gasteiger partial charge in [0.05, 0.1) is 6.61 Å². The van der Waals surface area contributed by atoms with Crippen LogP contribution in [0, 0.1) is 5.41 Å². The van der Waals surface area contributed by atoms with Gasteiger partial charge in [0.1, 0.15) is 12.4 Å². The molecule has 3 N–H and O–H groups in total. The van der Waals surface area contributed by atoms with Crippen molar-refractivity contribution in [2.75, 3.05) is 20.3 Å². The highest BCUT2D eigenvalue weighted by molar-refractivity contribution is 5.95. The molecule has 0 unspecified atom stereocenters. The van der Waals surface area contributed by atoms with Crippen molar-refractivity contribution in [3.05, 3.63) is 23.9 Å². The minimum Gasteiger partial charge on any atom is -0.475 e. The molecule has 1 rings (SSSR count). The van der Waals surface area contributed by atoms with E-state index in [-0.39, 0.29) is 5.84 Å². The standard InChI is InChI=1S/C9H13N3O2/c1-13-4-5-14-8-6-7(9(10)11)2-3-12-8/h2-3,6H,4-5H2,1H3,(H3,10,11). The average molecular weight is 195 g/mol. The molecule has 0 spiro atoms. The molecule has 0 aliphatic carbocycles. The number of methoxy groups -OCH3 is 1. The Balaban J connectivity index is 2.59. The Morgan fingerprint density at radius 3 is 3.00 bits per heavy atom. The van der Waals surface area contributed by atoms with E-state index < -0.39 is 0 Å². The maximum absolute atomic E-state index is 7.22. The summed E-state index contributed by atoms with van der Waals surface area (Å²) in [7, 11) is 1.60. The summed E-state index contributed by atoms with van der Waals surface area (Å²) < 4.78 is 10.1. The van der Waals surface area contributed by atoms with Crippen molar-refractivity contribution in [3.63, 3.8) is 0 Å². The molecule has 0 fully saturated rings. The molecule has 14 heavy (non-hydrogen) atoms. The number of nitrogens with two attached hydrogens (primary N) is 1. The number of rotatable bonds is 5. The Morgan fingerprint density at radius 2 is 2.36 bits per heavy atom. The first-order valence-corrected chi connectivity index (χ1v) is 4.16. The van der Waals surface area contributed by atoms with Crippen LogP contribution >= 0.6 is 0 Å². The highest BCUT2D eigenvalue weighted by atomic mass is 16.5. The third kappa shape index (κ3) is 3.02. The molecule has 76 valence electrons. The van der Waals surface area contributed by atoms with E-state index in [9.17, 15) is 0 Å². The fourth-order valence-electron chi connectivity index (χ4n) is 0.885. The van der Waals surface area contributed by atoms with Crippen molar-refractivity contribution >= 4 is 5.84 Å². The molecule has 5 heteroatoms. The van der Waals surface area contributed by atoms with Crippen molar-refractivity contribution in [2.24, 2.45) is 5.73 Å². The van der Waals surface area contributed by atoms with E-state index in [0.29, 0.717) is 24.7 Å². The van der Waals surface area contributed by atoms with Crippen molar-refractivity contribution in [2.45, 2.75) is 0 Å². The van der Waals surface area contributed by atoms with Crippen molar-refractivity contribution in [3.8, 4) is 5.88 Å². The summed E-state index contributed by atoms with van der Waals surface area (Å²) in [5.41, 5.74) is 5.92. The summed E-state index contributed by atoms with van der Waals surface area (Å²) in [6.45, 7) is 0.941. The maximum Gasteiger partial charge on any atom is 0.213 e. The first-order valence-electron chi connectivity index (χ1n) is 4.16. The zero-order valence-electron chi connectivity index (χ0n) is 7.99. The topological polar surface area (TPSA) is 81.2 Å². The van der Waals surface area contributed by atoms with Crippen LogP contribution in [0.1, 0.15) is 5.56 Å². The quantitative estimate of drug-likeness (QED) is 0.404. The van der Waals surface area contributed by atoms with E-state index in [1.807, 2.05) is 0 Å². The summed E-state index contributed by atoms with van der Waals surface area (Å²) in [4.78, 5) is 3.96. The van der Waals surface area contributed by atoms with Crippen LogP contribution in [0.5, 0.6) is 5.88 Å². The van der Waals surface area contributed by atoms with Gasteiger partial charge in [0.15, 0.2) is 0 Å². The zero-order valence-corrected chi connectivity index (χ0v) is 7.99. The molecule has 0 saturated carbocycles. The first kappa shape index (κ1) is 10.5. The van der Waals surface area contributed by atoms with E-state index in [1.54, 1.807) is 25.4 Å². The maximum atomic E-state index is 7.22. The number of nitrogens with one attached hydrogen (secondary N) is 1. The molecule has 1 heterocycles. The lowest BCUT2D eigenvalue weighted by Gasteiger charge is -2.05. The molecular formula is C9H13N3O2. The molecule has 1 aromatic heterocycles.